The highest BCUT2D eigenvalue weighted by atomic mass is 16.5. The van der Waals surface area contributed by atoms with Crippen molar-refractivity contribution in [2.75, 3.05) is 27.4 Å². The summed E-state index contributed by atoms with van der Waals surface area (Å²) in [7, 11) is 3.05. The second kappa shape index (κ2) is 5.44. The monoisotopic (exact) mass is 267 g/mol. The number of carboxylic acid groups (broad SMARTS) is 1. The van der Waals surface area contributed by atoms with Crippen molar-refractivity contribution in [3.8, 4) is 11.5 Å². The van der Waals surface area contributed by atoms with Crippen molar-refractivity contribution in [1.29, 1.82) is 0 Å². The number of aromatic nitrogens is 1. The highest BCUT2D eigenvalue weighted by Crippen LogP contribution is 2.37. The fourth-order valence-electron chi connectivity index (χ4n) is 2.29. The maximum absolute atomic E-state index is 11.5. The van der Waals surface area contributed by atoms with Gasteiger partial charge in [0.05, 0.1) is 31.9 Å². The number of methoxy groups -OCH3 is 2. The van der Waals surface area contributed by atoms with Gasteiger partial charge in [-0.3, -0.25) is 9.78 Å². The second-order valence-electron chi connectivity index (χ2n) is 4.56. The molecule has 0 amide bonds. The van der Waals surface area contributed by atoms with E-state index in [1.807, 2.05) is 0 Å². The Bertz CT molecular complexity index is 468. The normalized spacial score (nSPS) is 22.2. The molecular weight excluding hydrogens is 250 g/mol. The Morgan fingerprint density at radius 3 is 2.84 bits per heavy atom. The van der Waals surface area contributed by atoms with Gasteiger partial charge in [-0.05, 0) is 6.42 Å². The van der Waals surface area contributed by atoms with Crippen molar-refractivity contribution >= 4 is 5.97 Å². The van der Waals surface area contributed by atoms with Gasteiger partial charge in [0.1, 0.15) is 0 Å². The van der Waals surface area contributed by atoms with Gasteiger partial charge in [-0.25, -0.2) is 0 Å². The van der Waals surface area contributed by atoms with Crippen LogP contribution in [0.4, 0.5) is 0 Å². The number of carbonyl (C=O) groups is 1. The lowest BCUT2D eigenvalue weighted by molar-refractivity contribution is -0.148. The van der Waals surface area contributed by atoms with Crippen LogP contribution in [0.25, 0.3) is 0 Å². The SMILES string of the molecule is COc1ccnc(CC2(C(=O)O)CCOC2)c1OC. The number of hydrogen-bond acceptors (Lipinski definition) is 5. The fraction of sp³-hybridized carbons (Fsp3) is 0.538. The van der Waals surface area contributed by atoms with Crippen LogP contribution < -0.4 is 9.47 Å². The number of rotatable bonds is 5. The van der Waals surface area contributed by atoms with E-state index in [-0.39, 0.29) is 13.0 Å². The maximum Gasteiger partial charge on any atom is 0.312 e. The van der Waals surface area contributed by atoms with Crippen LogP contribution in [0.5, 0.6) is 11.5 Å². The highest BCUT2D eigenvalue weighted by molar-refractivity contribution is 5.75. The Balaban J connectivity index is 2.34. The van der Waals surface area contributed by atoms with Crippen LogP contribution in [-0.2, 0) is 16.0 Å². The van der Waals surface area contributed by atoms with Gasteiger partial charge in [-0.2, -0.15) is 0 Å². The Hall–Kier alpha value is -1.82. The van der Waals surface area contributed by atoms with Crippen LogP contribution in [0.2, 0.25) is 0 Å². The van der Waals surface area contributed by atoms with Crippen molar-refractivity contribution in [2.45, 2.75) is 12.8 Å². The van der Waals surface area contributed by atoms with Gasteiger partial charge in [0.2, 0.25) is 0 Å². The molecule has 1 N–H and O–H groups in total. The van der Waals surface area contributed by atoms with E-state index in [2.05, 4.69) is 4.98 Å². The molecule has 1 aromatic heterocycles. The van der Waals surface area contributed by atoms with E-state index in [0.717, 1.165) is 0 Å². The second-order valence-corrected chi connectivity index (χ2v) is 4.56. The summed E-state index contributed by atoms with van der Waals surface area (Å²) in [6, 6.07) is 1.68. The molecule has 0 saturated carbocycles. The number of pyridine rings is 1. The van der Waals surface area contributed by atoms with Crippen molar-refractivity contribution in [3.05, 3.63) is 18.0 Å². The summed E-state index contributed by atoms with van der Waals surface area (Å²) in [6.07, 6.45) is 2.33. The summed E-state index contributed by atoms with van der Waals surface area (Å²) in [6.45, 7) is 0.656. The predicted molar refractivity (Wildman–Crippen MR) is 66.5 cm³/mol. The minimum Gasteiger partial charge on any atom is -0.493 e. The van der Waals surface area contributed by atoms with Gasteiger partial charge in [-0.15, -0.1) is 0 Å². The molecule has 104 valence electrons. The molecule has 1 aliphatic rings. The highest BCUT2D eigenvalue weighted by Gasteiger charge is 2.43. The Kier molecular flexibility index (Phi) is 3.90. The van der Waals surface area contributed by atoms with E-state index in [0.29, 0.717) is 30.2 Å². The average molecular weight is 267 g/mol. The molecule has 0 bridgehead atoms. The first-order valence-electron chi connectivity index (χ1n) is 6.00. The third kappa shape index (κ3) is 2.49. The molecule has 1 unspecified atom stereocenters. The van der Waals surface area contributed by atoms with E-state index >= 15 is 0 Å². The fourth-order valence-corrected chi connectivity index (χ4v) is 2.29. The van der Waals surface area contributed by atoms with Gasteiger partial charge in [0.15, 0.2) is 11.5 Å². The molecule has 19 heavy (non-hydrogen) atoms. The molecule has 6 nitrogen and oxygen atoms in total. The summed E-state index contributed by atoms with van der Waals surface area (Å²) < 4.78 is 15.7. The summed E-state index contributed by atoms with van der Waals surface area (Å²) in [4.78, 5) is 15.7. The van der Waals surface area contributed by atoms with Crippen LogP contribution in [-0.4, -0.2) is 43.5 Å². The molecule has 1 atom stereocenters. The molecule has 1 aliphatic heterocycles. The summed E-state index contributed by atoms with van der Waals surface area (Å²) in [5, 5.41) is 9.44. The number of aliphatic carboxylic acids is 1. The van der Waals surface area contributed by atoms with Gasteiger partial charge >= 0.3 is 5.97 Å². The Morgan fingerprint density at radius 2 is 2.32 bits per heavy atom. The molecular formula is C13H17NO5. The molecule has 2 rings (SSSR count). The summed E-state index contributed by atoms with van der Waals surface area (Å²) in [5.41, 5.74) is -0.345. The molecule has 6 heteroatoms. The number of ether oxygens (including phenoxy) is 3. The van der Waals surface area contributed by atoms with E-state index in [9.17, 15) is 9.90 Å². The zero-order valence-electron chi connectivity index (χ0n) is 11.0. The quantitative estimate of drug-likeness (QED) is 0.861. The van der Waals surface area contributed by atoms with Gasteiger partial charge < -0.3 is 19.3 Å². The number of hydrogen-bond donors (Lipinski definition) is 1. The van der Waals surface area contributed by atoms with Gasteiger partial charge in [0, 0.05) is 25.3 Å². The van der Waals surface area contributed by atoms with Crippen LogP contribution in [0, 0.1) is 5.41 Å². The van der Waals surface area contributed by atoms with Crippen LogP contribution in [0.1, 0.15) is 12.1 Å². The van der Waals surface area contributed by atoms with E-state index < -0.39 is 11.4 Å². The lowest BCUT2D eigenvalue weighted by Crippen LogP contribution is -2.34. The van der Waals surface area contributed by atoms with Crippen molar-refractivity contribution < 1.29 is 24.1 Å². The molecule has 0 spiro atoms. The molecule has 1 fully saturated rings. The first kappa shape index (κ1) is 13.6. The van der Waals surface area contributed by atoms with E-state index in [1.54, 1.807) is 12.3 Å². The lowest BCUT2D eigenvalue weighted by Gasteiger charge is -2.22. The smallest absolute Gasteiger partial charge is 0.312 e. The number of carboxylic acids is 1. The first-order chi connectivity index (χ1) is 9.13. The minimum atomic E-state index is -0.924. The largest absolute Gasteiger partial charge is 0.493 e. The minimum absolute atomic E-state index is 0.199. The maximum atomic E-state index is 11.5. The Morgan fingerprint density at radius 1 is 1.53 bits per heavy atom. The van der Waals surface area contributed by atoms with Crippen LogP contribution in [0.3, 0.4) is 0 Å². The topological polar surface area (TPSA) is 77.9 Å². The lowest BCUT2D eigenvalue weighted by atomic mass is 9.82. The molecule has 2 heterocycles. The summed E-state index contributed by atoms with van der Waals surface area (Å²) in [5.74, 6) is 0.168. The van der Waals surface area contributed by atoms with Crippen molar-refractivity contribution in [1.82, 2.24) is 4.98 Å². The van der Waals surface area contributed by atoms with Crippen LogP contribution in [0.15, 0.2) is 12.3 Å². The average Bonchev–Trinajstić information content (AvgIpc) is 2.88. The number of nitrogens with zero attached hydrogens (tertiary/aromatic N) is 1. The summed E-state index contributed by atoms with van der Waals surface area (Å²) >= 11 is 0. The van der Waals surface area contributed by atoms with Crippen LogP contribution >= 0.6 is 0 Å². The molecule has 0 aliphatic carbocycles. The third-order valence-electron chi connectivity index (χ3n) is 3.43. The third-order valence-corrected chi connectivity index (χ3v) is 3.43. The van der Waals surface area contributed by atoms with Crippen molar-refractivity contribution in [2.24, 2.45) is 5.41 Å². The molecule has 1 saturated heterocycles. The van der Waals surface area contributed by atoms with E-state index in [4.69, 9.17) is 14.2 Å². The first-order valence-corrected chi connectivity index (χ1v) is 6.00. The van der Waals surface area contributed by atoms with Gasteiger partial charge in [-0.1, -0.05) is 0 Å². The molecule has 0 aromatic carbocycles. The zero-order valence-corrected chi connectivity index (χ0v) is 11.0. The van der Waals surface area contributed by atoms with Crippen molar-refractivity contribution in [3.63, 3.8) is 0 Å². The molecule has 0 radical (unpaired) electrons. The standard InChI is InChI=1S/C13H17NO5/c1-17-10-3-5-14-9(11(10)18-2)7-13(12(15)16)4-6-19-8-13/h3,5H,4,6-8H2,1-2H3,(H,15,16). The van der Waals surface area contributed by atoms with E-state index in [1.165, 1.54) is 14.2 Å². The Labute approximate surface area is 111 Å². The molecule has 1 aromatic rings. The van der Waals surface area contributed by atoms with Gasteiger partial charge in [0.25, 0.3) is 0 Å². The zero-order chi connectivity index (χ0) is 13.9. The predicted octanol–water partition coefficient (Wildman–Crippen LogP) is 1.13.